The topological polar surface area (TPSA) is 109 Å². The molecular weight excluding hydrogens is 432 g/mol. The lowest BCUT2D eigenvalue weighted by atomic mass is 10.1. The van der Waals surface area contributed by atoms with E-state index in [4.69, 9.17) is 4.74 Å². The summed E-state index contributed by atoms with van der Waals surface area (Å²) in [5, 5.41) is 6.12. The predicted octanol–water partition coefficient (Wildman–Crippen LogP) is 3.13. The van der Waals surface area contributed by atoms with E-state index in [0.29, 0.717) is 43.2 Å². The number of rotatable bonds is 6. The summed E-state index contributed by atoms with van der Waals surface area (Å²) in [5.41, 5.74) is 3.41. The summed E-state index contributed by atoms with van der Waals surface area (Å²) < 4.78 is 5.13. The van der Waals surface area contributed by atoms with Gasteiger partial charge < -0.3 is 10.1 Å². The maximum absolute atomic E-state index is 13.1. The molecule has 1 aliphatic heterocycles. The third-order valence-corrected chi connectivity index (χ3v) is 5.19. The quantitative estimate of drug-likeness (QED) is 0.333. The number of pyridine rings is 3. The number of aryl methyl sites for hydroxylation is 1. The first-order valence-corrected chi connectivity index (χ1v) is 10.9. The van der Waals surface area contributed by atoms with E-state index >= 15 is 0 Å². The third kappa shape index (κ3) is 5.54. The standard InChI is InChI=1S/C25H24N6O3/c1-34-13-11-27-22-14-23(28-16-20(22)7-6-18-4-2-10-26-15-18)30-25(33)31-12-3-5-19-8-9-21(17-32)29-24(19)31/h2,4,8-10,14-17H,3,5,11-13H2,1H3,(H2,27,28,30,33). The number of hydrogen-bond acceptors (Lipinski definition) is 7. The molecule has 3 aromatic rings. The van der Waals surface area contributed by atoms with Crippen LogP contribution in [-0.4, -0.2) is 54.1 Å². The van der Waals surface area contributed by atoms with Crippen LogP contribution in [0, 0.1) is 11.8 Å². The summed E-state index contributed by atoms with van der Waals surface area (Å²) in [6.45, 7) is 1.57. The number of carbonyl (C=O) groups is 2. The molecule has 3 aromatic heterocycles. The first kappa shape index (κ1) is 22.9. The fourth-order valence-electron chi connectivity index (χ4n) is 3.53. The molecule has 1 aliphatic rings. The van der Waals surface area contributed by atoms with Crippen LogP contribution in [0.25, 0.3) is 0 Å². The monoisotopic (exact) mass is 456 g/mol. The second-order valence-electron chi connectivity index (χ2n) is 7.55. The van der Waals surface area contributed by atoms with Gasteiger partial charge in [0, 0.05) is 50.4 Å². The highest BCUT2D eigenvalue weighted by atomic mass is 16.5. The normalized spacial score (nSPS) is 12.2. The Hall–Kier alpha value is -4.29. The number of methoxy groups -OCH3 is 1. The molecule has 0 saturated carbocycles. The summed E-state index contributed by atoms with van der Waals surface area (Å²) in [4.78, 5) is 38.6. The molecule has 0 atom stereocenters. The van der Waals surface area contributed by atoms with Gasteiger partial charge in [-0.05, 0) is 36.6 Å². The van der Waals surface area contributed by atoms with E-state index in [2.05, 4.69) is 37.4 Å². The Kier molecular flexibility index (Phi) is 7.42. The Balaban J connectivity index is 1.56. The van der Waals surface area contributed by atoms with Gasteiger partial charge in [-0.1, -0.05) is 17.9 Å². The van der Waals surface area contributed by atoms with E-state index in [1.54, 1.807) is 42.7 Å². The fraction of sp³-hybridized carbons (Fsp3) is 0.240. The SMILES string of the molecule is COCCNc1cc(NC(=O)N2CCCc3ccc(C=O)nc32)ncc1C#Cc1cccnc1. The molecule has 4 heterocycles. The van der Waals surface area contributed by atoms with Crippen molar-refractivity contribution < 1.29 is 14.3 Å². The van der Waals surface area contributed by atoms with Crippen LogP contribution in [0.3, 0.4) is 0 Å². The van der Waals surface area contributed by atoms with Gasteiger partial charge >= 0.3 is 6.03 Å². The minimum atomic E-state index is -0.360. The number of carbonyl (C=O) groups excluding carboxylic acids is 2. The molecule has 2 amide bonds. The number of nitrogens with zero attached hydrogens (tertiary/aromatic N) is 4. The average molecular weight is 457 g/mol. The number of anilines is 3. The van der Waals surface area contributed by atoms with Crippen molar-refractivity contribution in [1.29, 1.82) is 0 Å². The van der Waals surface area contributed by atoms with Gasteiger partial charge in [-0.15, -0.1) is 0 Å². The van der Waals surface area contributed by atoms with Crippen LogP contribution in [-0.2, 0) is 11.2 Å². The smallest absolute Gasteiger partial charge is 0.328 e. The summed E-state index contributed by atoms with van der Waals surface area (Å²) in [7, 11) is 1.63. The Bertz CT molecular complexity index is 1240. The fourth-order valence-corrected chi connectivity index (χ4v) is 3.53. The van der Waals surface area contributed by atoms with E-state index in [-0.39, 0.29) is 11.7 Å². The minimum absolute atomic E-state index is 0.290. The third-order valence-electron chi connectivity index (χ3n) is 5.19. The van der Waals surface area contributed by atoms with Crippen molar-refractivity contribution in [3.63, 3.8) is 0 Å². The molecule has 2 N–H and O–H groups in total. The van der Waals surface area contributed by atoms with Crippen molar-refractivity contribution in [1.82, 2.24) is 15.0 Å². The molecule has 0 unspecified atom stereocenters. The van der Waals surface area contributed by atoms with Crippen LogP contribution in [0.15, 0.2) is 48.9 Å². The van der Waals surface area contributed by atoms with Crippen LogP contribution >= 0.6 is 0 Å². The van der Waals surface area contributed by atoms with Crippen molar-refractivity contribution in [2.24, 2.45) is 0 Å². The van der Waals surface area contributed by atoms with Gasteiger partial charge in [0.25, 0.3) is 0 Å². The molecule has 4 rings (SSSR count). The zero-order valence-corrected chi connectivity index (χ0v) is 18.7. The first-order chi connectivity index (χ1) is 16.7. The van der Waals surface area contributed by atoms with Crippen molar-refractivity contribution >= 4 is 29.6 Å². The molecule has 0 fully saturated rings. The van der Waals surface area contributed by atoms with Crippen molar-refractivity contribution in [3.8, 4) is 11.8 Å². The molecule has 9 nitrogen and oxygen atoms in total. The summed E-state index contributed by atoms with van der Waals surface area (Å²) in [6.07, 6.45) is 7.28. The highest BCUT2D eigenvalue weighted by Gasteiger charge is 2.25. The number of aldehydes is 1. The zero-order chi connectivity index (χ0) is 23.8. The highest BCUT2D eigenvalue weighted by Crippen LogP contribution is 2.26. The van der Waals surface area contributed by atoms with Gasteiger partial charge in [0.2, 0.25) is 0 Å². The molecule has 0 radical (unpaired) electrons. The van der Waals surface area contributed by atoms with Gasteiger partial charge in [-0.25, -0.2) is 14.8 Å². The van der Waals surface area contributed by atoms with Gasteiger partial charge in [-0.2, -0.15) is 0 Å². The number of aromatic nitrogens is 3. The van der Waals surface area contributed by atoms with Gasteiger partial charge in [0.05, 0.1) is 17.9 Å². The molecule has 34 heavy (non-hydrogen) atoms. The van der Waals surface area contributed by atoms with E-state index < -0.39 is 0 Å². The molecule has 0 aromatic carbocycles. The van der Waals surface area contributed by atoms with Crippen LogP contribution in [0.1, 0.15) is 33.6 Å². The lowest BCUT2D eigenvalue weighted by Gasteiger charge is -2.28. The lowest BCUT2D eigenvalue weighted by molar-refractivity contribution is 0.111. The maximum Gasteiger partial charge on any atom is 0.328 e. The minimum Gasteiger partial charge on any atom is -0.383 e. The molecule has 0 aliphatic carbocycles. The van der Waals surface area contributed by atoms with Crippen molar-refractivity contribution in [2.75, 3.05) is 42.3 Å². The zero-order valence-electron chi connectivity index (χ0n) is 18.7. The molecule has 0 bridgehead atoms. The van der Waals surface area contributed by atoms with Crippen LogP contribution in [0.4, 0.5) is 22.1 Å². The van der Waals surface area contributed by atoms with Crippen molar-refractivity contribution in [3.05, 3.63) is 71.3 Å². The van der Waals surface area contributed by atoms with Crippen LogP contribution < -0.4 is 15.5 Å². The maximum atomic E-state index is 13.1. The number of urea groups is 1. The predicted molar refractivity (Wildman–Crippen MR) is 129 cm³/mol. The Labute approximate surface area is 197 Å². The van der Waals surface area contributed by atoms with Gasteiger partial charge in [-0.3, -0.25) is 20.0 Å². The molecule has 172 valence electrons. The first-order valence-electron chi connectivity index (χ1n) is 10.9. The van der Waals surface area contributed by atoms with Gasteiger partial charge in [0.15, 0.2) is 6.29 Å². The molecule has 0 spiro atoms. The largest absolute Gasteiger partial charge is 0.383 e. The summed E-state index contributed by atoms with van der Waals surface area (Å²) >= 11 is 0. The number of nitrogens with one attached hydrogen (secondary N) is 2. The van der Waals surface area contributed by atoms with Crippen LogP contribution in [0.2, 0.25) is 0 Å². The number of ether oxygens (including phenoxy) is 1. The van der Waals surface area contributed by atoms with E-state index in [0.717, 1.165) is 29.7 Å². The van der Waals surface area contributed by atoms with Crippen molar-refractivity contribution in [2.45, 2.75) is 12.8 Å². The van der Waals surface area contributed by atoms with Gasteiger partial charge in [0.1, 0.15) is 17.3 Å². The van der Waals surface area contributed by atoms with E-state index in [1.165, 1.54) is 0 Å². The van der Waals surface area contributed by atoms with Crippen LogP contribution in [0.5, 0.6) is 0 Å². The lowest BCUT2D eigenvalue weighted by Crippen LogP contribution is -2.39. The summed E-state index contributed by atoms with van der Waals surface area (Å²) in [6, 6.07) is 8.59. The average Bonchev–Trinajstić information content (AvgIpc) is 2.88. The Morgan fingerprint density at radius 1 is 1.26 bits per heavy atom. The number of amides is 2. The Morgan fingerprint density at radius 2 is 2.18 bits per heavy atom. The number of hydrogen-bond donors (Lipinski definition) is 2. The molecule has 9 heteroatoms. The molecule has 0 saturated heterocycles. The second kappa shape index (κ2) is 11.0. The molecular formula is C25H24N6O3. The van der Waals surface area contributed by atoms with E-state index in [9.17, 15) is 9.59 Å². The van der Waals surface area contributed by atoms with E-state index in [1.807, 2.05) is 18.2 Å². The summed E-state index contributed by atoms with van der Waals surface area (Å²) in [5.74, 6) is 7.05. The second-order valence-corrected chi connectivity index (χ2v) is 7.55. The Morgan fingerprint density at radius 3 is 2.97 bits per heavy atom. The highest BCUT2D eigenvalue weighted by molar-refractivity contribution is 6.01. The number of fused-ring (bicyclic) bond motifs is 1.